The molecule has 3 atom stereocenters. The number of ketones is 3. The van der Waals surface area contributed by atoms with Crippen LogP contribution < -0.4 is 10.6 Å². The molecule has 0 bridgehead atoms. The second kappa shape index (κ2) is 13.6. The zero-order valence-electron chi connectivity index (χ0n) is 22.4. The first-order valence-corrected chi connectivity index (χ1v) is 12.7. The Kier molecular flexibility index (Phi) is 11.1. The van der Waals surface area contributed by atoms with Crippen molar-refractivity contribution in [1.82, 2.24) is 0 Å². The van der Waals surface area contributed by atoms with Gasteiger partial charge >= 0.3 is 0 Å². The minimum Gasteiger partial charge on any atom is -0.507 e. The Labute approximate surface area is 226 Å². The lowest BCUT2D eigenvalue weighted by molar-refractivity contribution is -0.131. The third-order valence-corrected chi connectivity index (χ3v) is 7.39. The minimum atomic E-state index is -0.779. The number of phenols is 1. The summed E-state index contributed by atoms with van der Waals surface area (Å²) in [5, 5.41) is 30.5. The number of aliphatic hydroxyl groups excluding tert-OH is 2. The van der Waals surface area contributed by atoms with Crippen LogP contribution >= 0.6 is 0 Å². The van der Waals surface area contributed by atoms with Crippen LogP contribution in [-0.2, 0) is 22.6 Å². The maximum atomic E-state index is 13.4. The lowest BCUT2D eigenvalue weighted by atomic mass is 9.72. The standard InChI is InChI=1S/C29H38N2O6.H2O.2H2/c1-17(34)10-26(35)25(16-33)20(8-9-32)11-18-12-24-23(19-4-6-22(7-5-19)31(2)3)14-21(15-30)29(37)28(24)27(36)13-18;;;/h4-7,14,18,20,25,32-33,37H,8-13,15-16,30H2,1-3H3;1H2;2*1H. The molecule has 7 N–H and O–H groups in total. The van der Waals surface area contributed by atoms with Gasteiger partial charge in [0.1, 0.15) is 17.3 Å². The molecule has 0 amide bonds. The average molecular weight is 533 g/mol. The predicted molar refractivity (Wildman–Crippen MR) is 150 cm³/mol. The molecule has 2 aromatic rings. The summed E-state index contributed by atoms with van der Waals surface area (Å²) in [6.45, 7) is 0.834. The van der Waals surface area contributed by atoms with Gasteiger partial charge in [0, 0.05) is 53.7 Å². The topological polar surface area (TPSA) is 173 Å². The number of rotatable bonds is 12. The van der Waals surface area contributed by atoms with Crippen molar-refractivity contribution in [2.75, 3.05) is 32.2 Å². The number of carbonyl (C=O) groups excluding carboxylic acids is 3. The fourth-order valence-corrected chi connectivity index (χ4v) is 5.49. The highest BCUT2D eigenvalue weighted by Gasteiger charge is 2.35. The van der Waals surface area contributed by atoms with Crippen molar-refractivity contribution >= 4 is 23.0 Å². The first-order valence-electron chi connectivity index (χ1n) is 12.7. The van der Waals surface area contributed by atoms with E-state index in [1.165, 1.54) is 6.92 Å². The zero-order valence-corrected chi connectivity index (χ0v) is 22.4. The summed E-state index contributed by atoms with van der Waals surface area (Å²) in [5.41, 5.74) is 10.2. The molecule has 3 rings (SSSR count). The van der Waals surface area contributed by atoms with Crippen molar-refractivity contribution in [3.05, 3.63) is 47.0 Å². The van der Waals surface area contributed by atoms with Crippen molar-refractivity contribution in [2.24, 2.45) is 23.5 Å². The second-order valence-electron chi connectivity index (χ2n) is 10.3. The molecule has 0 radical (unpaired) electrons. The van der Waals surface area contributed by atoms with Crippen LogP contribution in [0, 0.1) is 17.8 Å². The largest absolute Gasteiger partial charge is 0.507 e. The van der Waals surface area contributed by atoms with E-state index in [1.807, 2.05) is 49.3 Å². The predicted octanol–water partition coefficient (Wildman–Crippen LogP) is 2.54. The minimum absolute atomic E-state index is 0. The Morgan fingerprint density at radius 2 is 1.82 bits per heavy atom. The SMILES string of the molecule is CC(=O)CC(=O)C(CO)C(CCO)CC1CC(=O)c2c(O)c(CN)cc(-c3ccc(N(C)C)cc3)c2C1.O.[HH].[HH]. The van der Waals surface area contributed by atoms with Crippen molar-refractivity contribution in [3.8, 4) is 16.9 Å². The Morgan fingerprint density at radius 3 is 2.34 bits per heavy atom. The Morgan fingerprint density at radius 1 is 1.16 bits per heavy atom. The third kappa shape index (κ3) is 6.85. The molecular weight excluding hydrogens is 488 g/mol. The van der Waals surface area contributed by atoms with Crippen LogP contribution in [0.5, 0.6) is 5.75 Å². The van der Waals surface area contributed by atoms with E-state index in [1.54, 1.807) is 0 Å². The molecule has 0 saturated heterocycles. The molecule has 0 heterocycles. The number of anilines is 1. The van der Waals surface area contributed by atoms with Gasteiger partial charge in [0.05, 0.1) is 18.6 Å². The summed E-state index contributed by atoms with van der Waals surface area (Å²) in [6.07, 6.45) is 1.11. The van der Waals surface area contributed by atoms with E-state index in [0.29, 0.717) is 24.0 Å². The van der Waals surface area contributed by atoms with Crippen LogP contribution in [0.2, 0.25) is 0 Å². The van der Waals surface area contributed by atoms with E-state index in [0.717, 1.165) is 22.4 Å². The summed E-state index contributed by atoms with van der Waals surface area (Å²) >= 11 is 0. The Bertz CT molecular complexity index is 1160. The van der Waals surface area contributed by atoms with Gasteiger partial charge in [-0.1, -0.05) is 12.1 Å². The van der Waals surface area contributed by atoms with Gasteiger partial charge in [0.15, 0.2) is 5.78 Å². The molecule has 0 aromatic heterocycles. The highest BCUT2D eigenvalue weighted by Crippen LogP contribution is 2.43. The average Bonchev–Trinajstić information content (AvgIpc) is 2.84. The normalized spacial score (nSPS) is 16.3. The fourth-order valence-electron chi connectivity index (χ4n) is 5.49. The third-order valence-electron chi connectivity index (χ3n) is 7.39. The molecule has 0 aliphatic heterocycles. The number of benzene rings is 2. The summed E-state index contributed by atoms with van der Waals surface area (Å²) in [5.74, 6) is -2.19. The Hall–Kier alpha value is -3.11. The van der Waals surface area contributed by atoms with Crippen molar-refractivity contribution in [1.29, 1.82) is 0 Å². The Balaban J connectivity index is 0.00000507. The number of carbonyl (C=O) groups is 3. The number of aliphatic hydroxyl groups is 2. The summed E-state index contributed by atoms with van der Waals surface area (Å²) in [7, 11) is 3.91. The van der Waals surface area contributed by atoms with E-state index in [-0.39, 0.29) is 75.7 Å². The van der Waals surface area contributed by atoms with E-state index >= 15 is 0 Å². The molecule has 38 heavy (non-hydrogen) atoms. The van der Waals surface area contributed by atoms with Crippen molar-refractivity contribution < 1.29 is 38.0 Å². The van der Waals surface area contributed by atoms with Gasteiger partial charge in [-0.2, -0.15) is 0 Å². The molecule has 1 aliphatic rings. The number of aromatic hydroxyl groups is 1. The van der Waals surface area contributed by atoms with Gasteiger partial charge in [0.2, 0.25) is 0 Å². The molecule has 9 nitrogen and oxygen atoms in total. The molecule has 1 aliphatic carbocycles. The van der Waals surface area contributed by atoms with Gasteiger partial charge in [-0.15, -0.1) is 0 Å². The molecule has 9 heteroatoms. The number of phenolic OH excluding ortho intramolecular Hbond substituents is 1. The lowest BCUT2D eigenvalue weighted by Gasteiger charge is -2.32. The lowest BCUT2D eigenvalue weighted by Crippen LogP contribution is -2.32. The summed E-state index contributed by atoms with van der Waals surface area (Å²) in [4.78, 5) is 39.5. The second-order valence-corrected chi connectivity index (χ2v) is 10.3. The summed E-state index contributed by atoms with van der Waals surface area (Å²) in [6, 6.07) is 9.78. The number of fused-ring (bicyclic) bond motifs is 1. The first kappa shape index (κ1) is 31.1. The highest BCUT2D eigenvalue weighted by molar-refractivity contribution is 6.03. The molecule has 2 aromatic carbocycles. The molecule has 212 valence electrons. The van der Waals surface area contributed by atoms with Crippen LogP contribution in [0.25, 0.3) is 11.1 Å². The number of nitrogens with zero attached hydrogens (tertiary/aromatic N) is 1. The quantitative estimate of drug-likeness (QED) is 0.302. The molecule has 0 spiro atoms. The van der Waals surface area contributed by atoms with Gasteiger partial charge < -0.3 is 31.4 Å². The first-order chi connectivity index (χ1) is 17.6. The van der Waals surface area contributed by atoms with Crippen LogP contribution in [0.3, 0.4) is 0 Å². The van der Waals surface area contributed by atoms with Gasteiger partial charge in [-0.3, -0.25) is 14.4 Å². The molecule has 3 unspecified atom stereocenters. The molecule has 0 fully saturated rings. The monoisotopic (exact) mass is 532 g/mol. The maximum Gasteiger partial charge on any atom is 0.167 e. The van der Waals surface area contributed by atoms with Crippen LogP contribution in [0.15, 0.2) is 30.3 Å². The number of Topliss-reactive ketones (excluding diaryl/α,β-unsaturated/α-hetero) is 3. The van der Waals surface area contributed by atoms with Gasteiger partial charge in [-0.25, -0.2) is 0 Å². The van der Waals surface area contributed by atoms with E-state index in [2.05, 4.69) is 0 Å². The van der Waals surface area contributed by atoms with Crippen molar-refractivity contribution in [2.45, 2.75) is 45.6 Å². The summed E-state index contributed by atoms with van der Waals surface area (Å²) < 4.78 is 0. The number of hydrogen-bond acceptors (Lipinski definition) is 8. The molecule has 0 saturated carbocycles. The van der Waals surface area contributed by atoms with E-state index in [4.69, 9.17) is 5.73 Å². The van der Waals surface area contributed by atoms with Crippen LogP contribution in [-0.4, -0.2) is 65.5 Å². The van der Waals surface area contributed by atoms with E-state index in [9.17, 15) is 29.7 Å². The molecular formula is C29H44N2O7. The van der Waals surface area contributed by atoms with Crippen LogP contribution in [0.1, 0.15) is 56.9 Å². The van der Waals surface area contributed by atoms with E-state index < -0.39 is 12.5 Å². The van der Waals surface area contributed by atoms with Gasteiger partial charge in [-0.05, 0) is 72.9 Å². The van der Waals surface area contributed by atoms with Crippen LogP contribution in [0.4, 0.5) is 5.69 Å². The number of hydrogen-bond donors (Lipinski definition) is 4. The zero-order chi connectivity index (χ0) is 27.3. The van der Waals surface area contributed by atoms with Crippen molar-refractivity contribution in [3.63, 3.8) is 0 Å². The fraction of sp³-hybridized carbons (Fsp3) is 0.483. The maximum absolute atomic E-state index is 13.4. The highest BCUT2D eigenvalue weighted by atomic mass is 16.3. The number of nitrogens with two attached hydrogens (primary N) is 1. The van der Waals surface area contributed by atoms with Gasteiger partial charge in [0.25, 0.3) is 0 Å². The smallest absolute Gasteiger partial charge is 0.167 e.